The van der Waals surface area contributed by atoms with Gasteiger partial charge in [0.25, 0.3) is 0 Å². The second-order valence-corrected chi connectivity index (χ2v) is 4.70. The van der Waals surface area contributed by atoms with E-state index in [1.165, 1.54) is 5.56 Å². The summed E-state index contributed by atoms with van der Waals surface area (Å²) >= 11 is 0. The minimum Gasteiger partial charge on any atom is -0.508 e. The Hall–Kier alpha value is -0.980. The Balaban J connectivity index is 0.000000921. The molecule has 0 aliphatic rings. The summed E-state index contributed by atoms with van der Waals surface area (Å²) in [4.78, 5) is 0. The highest BCUT2D eigenvalue weighted by Crippen LogP contribution is 2.32. The molecular formula is C14H24O. The molecule has 1 heteroatoms. The molecule has 0 fully saturated rings. The Morgan fingerprint density at radius 2 is 1.33 bits per heavy atom. The first-order valence-electron chi connectivity index (χ1n) is 5.63. The van der Waals surface area contributed by atoms with Crippen molar-refractivity contribution >= 4 is 0 Å². The molecule has 0 saturated carbocycles. The van der Waals surface area contributed by atoms with E-state index in [0.717, 1.165) is 11.1 Å². The lowest BCUT2D eigenvalue weighted by Crippen LogP contribution is -2.11. The van der Waals surface area contributed by atoms with Crippen LogP contribution >= 0.6 is 0 Å². The first-order valence-corrected chi connectivity index (χ1v) is 5.63. The van der Waals surface area contributed by atoms with Crippen molar-refractivity contribution in [2.45, 2.75) is 53.9 Å². The van der Waals surface area contributed by atoms with Gasteiger partial charge in [-0.05, 0) is 42.0 Å². The van der Waals surface area contributed by atoms with Crippen LogP contribution in [0.2, 0.25) is 0 Å². The van der Waals surface area contributed by atoms with E-state index in [1.54, 1.807) is 0 Å². The van der Waals surface area contributed by atoms with Crippen LogP contribution in [0, 0.1) is 13.8 Å². The van der Waals surface area contributed by atoms with Crippen LogP contribution in [0.3, 0.4) is 0 Å². The molecule has 0 aromatic heterocycles. The molecule has 1 aromatic carbocycles. The monoisotopic (exact) mass is 208 g/mol. The summed E-state index contributed by atoms with van der Waals surface area (Å²) in [5.74, 6) is 0.413. The van der Waals surface area contributed by atoms with E-state index >= 15 is 0 Å². The zero-order valence-electron chi connectivity index (χ0n) is 11.1. The van der Waals surface area contributed by atoms with Crippen molar-refractivity contribution in [2.75, 3.05) is 0 Å². The van der Waals surface area contributed by atoms with E-state index in [2.05, 4.69) is 33.8 Å². The van der Waals surface area contributed by atoms with Crippen molar-refractivity contribution < 1.29 is 5.11 Å². The molecule has 1 nitrogen and oxygen atoms in total. The van der Waals surface area contributed by atoms with Gasteiger partial charge in [-0.15, -0.1) is 0 Å². The number of hydrogen-bond acceptors (Lipinski definition) is 1. The van der Waals surface area contributed by atoms with Crippen LogP contribution in [-0.4, -0.2) is 5.11 Å². The molecular weight excluding hydrogens is 184 g/mol. The molecule has 0 heterocycles. The minimum absolute atomic E-state index is 0.0164. The van der Waals surface area contributed by atoms with Crippen LogP contribution in [0.1, 0.15) is 51.3 Å². The fourth-order valence-corrected chi connectivity index (χ4v) is 1.40. The van der Waals surface area contributed by atoms with Crippen LogP contribution in [0.4, 0.5) is 0 Å². The molecule has 0 atom stereocenters. The Kier molecular flexibility index (Phi) is 4.86. The van der Waals surface area contributed by atoms with Crippen LogP contribution < -0.4 is 0 Å². The first-order chi connectivity index (χ1) is 6.82. The van der Waals surface area contributed by atoms with E-state index in [9.17, 15) is 5.11 Å². The Labute approximate surface area is 94.2 Å². The molecule has 0 spiro atoms. The molecule has 0 radical (unpaired) electrons. The summed E-state index contributed by atoms with van der Waals surface area (Å²) in [5, 5.41) is 9.75. The maximum atomic E-state index is 9.75. The normalized spacial score (nSPS) is 10.6. The van der Waals surface area contributed by atoms with E-state index < -0.39 is 0 Å². The number of phenolic OH excluding ortho intramolecular Hbond substituents is 1. The molecule has 86 valence electrons. The molecule has 0 amide bonds. The number of phenols is 1. The van der Waals surface area contributed by atoms with Gasteiger partial charge in [-0.2, -0.15) is 0 Å². The third-order valence-electron chi connectivity index (χ3n) is 2.42. The van der Waals surface area contributed by atoms with Crippen molar-refractivity contribution in [1.29, 1.82) is 0 Å². The van der Waals surface area contributed by atoms with E-state index in [-0.39, 0.29) is 5.41 Å². The zero-order valence-corrected chi connectivity index (χ0v) is 11.1. The Morgan fingerprint density at radius 1 is 0.933 bits per heavy atom. The molecule has 0 aliphatic heterocycles. The number of rotatable bonds is 0. The molecule has 15 heavy (non-hydrogen) atoms. The lowest BCUT2D eigenvalue weighted by molar-refractivity contribution is 0.446. The first kappa shape index (κ1) is 14.0. The molecule has 0 saturated heterocycles. The second-order valence-electron chi connectivity index (χ2n) is 4.70. The van der Waals surface area contributed by atoms with Crippen molar-refractivity contribution in [3.8, 4) is 5.75 Å². The number of aromatic hydroxyl groups is 1. The fraction of sp³-hybridized carbons (Fsp3) is 0.571. The topological polar surface area (TPSA) is 20.2 Å². The summed E-state index contributed by atoms with van der Waals surface area (Å²) in [7, 11) is 0. The SMILES string of the molecule is CC.Cc1cc(O)c(C(C)(C)C)cc1C. The fourth-order valence-electron chi connectivity index (χ4n) is 1.40. The average Bonchev–Trinajstić information content (AvgIpc) is 2.13. The second kappa shape index (κ2) is 5.20. The number of hydrogen-bond donors (Lipinski definition) is 1. The molecule has 1 rings (SSSR count). The van der Waals surface area contributed by atoms with Crippen molar-refractivity contribution in [3.63, 3.8) is 0 Å². The standard InChI is InChI=1S/C12H18O.C2H6/c1-8-6-10(12(3,4)5)11(13)7-9(8)2;1-2/h6-7,13H,1-5H3;1-2H3. The van der Waals surface area contributed by atoms with E-state index in [1.807, 2.05) is 26.8 Å². The van der Waals surface area contributed by atoms with Crippen molar-refractivity contribution in [2.24, 2.45) is 0 Å². The summed E-state index contributed by atoms with van der Waals surface area (Å²) in [6, 6.07) is 3.92. The number of aryl methyl sites for hydroxylation is 2. The predicted molar refractivity (Wildman–Crippen MR) is 67.6 cm³/mol. The van der Waals surface area contributed by atoms with Gasteiger partial charge in [-0.25, -0.2) is 0 Å². The maximum absolute atomic E-state index is 9.75. The molecule has 0 aliphatic carbocycles. The summed E-state index contributed by atoms with van der Waals surface area (Å²) in [6.07, 6.45) is 0. The highest BCUT2D eigenvalue weighted by atomic mass is 16.3. The van der Waals surface area contributed by atoms with Crippen LogP contribution in [-0.2, 0) is 5.41 Å². The van der Waals surface area contributed by atoms with Gasteiger partial charge in [0.1, 0.15) is 5.75 Å². The number of benzene rings is 1. The Bertz CT molecular complexity index is 319. The van der Waals surface area contributed by atoms with E-state index in [0.29, 0.717) is 5.75 Å². The largest absolute Gasteiger partial charge is 0.508 e. The highest BCUT2D eigenvalue weighted by Gasteiger charge is 2.18. The van der Waals surface area contributed by atoms with Gasteiger partial charge < -0.3 is 5.11 Å². The third kappa shape index (κ3) is 3.58. The third-order valence-corrected chi connectivity index (χ3v) is 2.42. The maximum Gasteiger partial charge on any atom is 0.119 e. The summed E-state index contributed by atoms with van der Waals surface area (Å²) in [6.45, 7) is 14.4. The molecule has 0 bridgehead atoms. The van der Waals surface area contributed by atoms with Crippen LogP contribution in [0.25, 0.3) is 0 Å². The van der Waals surface area contributed by atoms with Gasteiger partial charge in [0, 0.05) is 0 Å². The van der Waals surface area contributed by atoms with Gasteiger partial charge in [0.15, 0.2) is 0 Å². The van der Waals surface area contributed by atoms with Gasteiger partial charge in [-0.3, -0.25) is 0 Å². The van der Waals surface area contributed by atoms with Crippen molar-refractivity contribution in [1.82, 2.24) is 0 Å². The zero-order chi connectivity index (χ0) is 12.2. The minimum atomic E-state index is 0.0164. The quantitative estimate of drug-likeness (QED) is 0.672. The van der Waals surface area contributed by atoms with Gasteiger partial charge in [0.05, 0.1) is 0 Å². The molecule has 0 unspecified atom stereocenters. The van der Waals surface area contributed by atoms with Gasteiger partial charge in [-0.1, -0.05) is 40.7 Å². The van der Waals surface area contributed by atoms with Crippen LogP contribution in [0.15, 0.2) is 12.1 Å². The summed E-state index contributed by atoms with van der Waals surface area (Å²) in [5.41, 5.74) is 3.42. The lowest BCUT2D eigenvalue weighted by Gasteiger charge is -2.21. The highest BCUT2D eigenvalue weighted by molar-refractivity contribution is 5.44. The van der Waals surface area contributed by atoms with Gasteiger partial charge >= 0.3 is 0 Å². The van der Waals surface area contributed by atoms with Crippen LogP contribution in [0.5, 0.6) is 5.75 Å². The predicted octanol–water partition coefficient (Wildman–Crippen LogP) is 4.33. The van der Waals surface area contributed by atoms with Gasteiger partial charge in [0.2, 0.25) is 0 Å². The Morgan fingerprint density at radius 3 is 1.73 bits per heavy atom. The smallest absolute Gasteiger partial charge is 0.119 e. The lowest BCUT2D eigenvalue weighted by atomic mass is 9.84. The molecule has 1 aromatic rings. The van der Waals surface area contributed by atoms with E-state index in [4.69, 9.17) is 0 Å². The summed E-state index contributed by atoms with van der Waals surface area (Å²) < 4.78 is 0. The molecule has 1 N–H and O–H groups in total. The average molecular weight is 208 g/mol. The van der Waals surface area contributed by atoms with Crippen molar-refractivity contribution in [3.05, 3.63) is 28.8 Å².